The van der Waals surface area contributed by atoms with Crippen LogP contribution in [0.2, 0.25) is 0 Å². The first-order valence-electron chi connectivity index (χ1n) is 3.87. The molecule has 0 aliphatic heterocycles. The molecule has 1 aromatic carbocycles. The number of nitrogens with two attached hydrogens (primary N) is 1. The molecule has 1 atom stereocenters. The summed E-state index contributed by atoms with van der Waals surface area (Å²) in [7, 11) is 1.47. The Morgan fingerprint density at radius 1 is 1.43 bits per heavy atom. The van der Waals surface area contributed by atoms with E-state index >= 15 is 0 Å². The number of carbonyl (C=O) groups excluding carboxylic acids is 1. The lowest BCUT2D eigenvalue weighted by molar-refractivity contribution is -0.131. The summed E-state index contributed by atoms with van der Waals surface area (Å²) in [5.74, 6) is 4.65. The van der Waals surface area contributed by atoms with Crippen LogP contribution in [0, 0.1) is 0 Å². The highest BCUT2D eigenvalue weighted by Crippen LogP contribution is 2.15. The van der Waals surface area contributed by atoms with Gasteiger partial charge in [-0.15, -0.1) is 12.4 Å². The smallest absolute Gasteiger partial charge is 0.267 e. The van der Waals surface area contributed by atoms with Crippen LogP contribution in [-0.2, 0) is 9.53 Å². The predicted octanol–water partition coefficient (Wildman–Crippen LogP) is 0.786. The minimum atomic E-state index is -0.633. The minimum absolute atomic E-state index is 0. The van der Waals surface area contributed by atoms with Crippen LogP contribution < -0.4 is 11.3 Å². The second-order valence-corrected chi connectivity index (χ2v) is 2.54. The zero-order valence-electron chi connectivity index (χ0n) is 7.77. The molecule has 1 rings (SSSR count). The van der Waals surface area contributed by atoms with Crippen LogP contribution in [0.25, 0.3) is 0 Å². The summed E-state index contributed by atoms with van der Waals surface area (Å²) in [5, 5.41) is 0. The highest BCUT2D eigenvalue weighted by molar-refractivity contribution is 5.85. The number of halogens is 1. The first-order chi connectivity index (χ1) is 6.29. The second kappa shape index (κ2) is 6.37. The third-order valence-corrected chi connectivity index (χ3v) is 1.72. The number of hydrogen-bond acceptors (Lipinski definition) is 3. The van der Waals surface area contributed by atoms with Crippen LogP contribution in [0.15, 0.2) is 30.3 Å². The Balaban J connectivity index is 0.00000169. The first kappa shape index (κ1) is 12.9. The fourth-order valence-corrected chi connectivity index (χ4v) is 1.10. The van der Waals surface area contributed by atoms with E-state index in [9.17, 15) is 4.79 Å². The zero-order chi connectivity index (χ0) is 9.68. The third kappa shape index (κ3) is 2.99. The average Bonchev–Trinajstić information content (AvgIpc) is 2.20. The maximum Gasteiger partial charge on any atom is 0.267 e. The van der Waals surface area contributed by atoms with Crippen LogP contribution in [0.1, 0.15) is 11.7 Å². The van der Waals surface area contributed by atoms with Crippen molar-refractivity contribution in [3.63, 3.8) is 0 Å². The molecule has 0 heterocycles. The van der Waals surface area contributed by atoms with Crippen LogP contribution in [0.3, 0.4) is 0 Å². The SMILES string of the molecule is COC(C(=O)NN)c1ccccc1.Cl. The molecule has 0 bridgehead atoms. The number of amides is 1. The summed E-state index contributed by atoms with van der Waals surface area (Å²) in [6.45, 7) is 0. The minimum Gasteiger partial charge on any atom is -0.367 e. The molecule has 0 fully saturated rings. The highest BCUT2D eigenvalue weighted by atomic mass is 35.5. The van der Waals surface area contributed by atoms with Gasteiger partial charge < -0.3 is 4.74 Å². The van der Waals surface area contributed by atoms with Crippen LogP contribution in [0.5, 0.6) is 0 Å². The van der Waals surface area contributed by atoms with Crippen molar-refractivity contribution in [3.05, 3.63) is 35.9 Å². The Labute approximate surface area is 88.8 Å². The Bertz CT molecular complexity index is 279. The van der Waals surface area contributed by atoms with Gasteiger partial charge in [0, 0.05) is 7.11 Å². The van der Waals surface area contributed by atoms with E-state index in [1.165, 1.54) is 7.11 Å². The van der Waals surface area contributed by atoms with Crippen LogP contribution in [-0.4, -0.2) is 13.0 Å². The van der Waals surface area contributed by atoms with Gasteiger partial charge in [-0.2, -0.15) is 0 Å². The Morgan fingerprint density at radius 3 is 2.43 bits per heavy atom. The predicted molar refractivity (Wildman–Crippen MR) is 55.8 cm³/mol. The summed E-state index contributed by atoms with van der Waals surface area (Å²) in [4.78, 5) is 11.2. The van der Waals surface area contributed by atoms with Gasteiger partial charge in [-0.05, 0) is 5.56 Å². The molecule has 0 saturated heterocycles. The monoisotopic (exact) mass is 216 g/mol. The molecule has 1 amide bonds. The van der Waals surface area contributed by atoms with Gasteiger partial charge >= 0.3 is 0 Å². The quantitative estimate of drug-likeness (QED) is 0.446. The molecule has 0 spiro atoms. The fraction of sp³-hybridized carbons (Fsp3) is 0.222. The fourth-order valence-electron chi connectivity index (χ4n) is 1.10. The molecule has 1 unspecified atom stereocenters. The molecule has 5 heteroatoms. The molecule has 0 aromatic heterocycles. The van der Waals surface area contributed by atoms with Crippen molar-refractivity contribution < 1.29 is 9.53 Å². The van der Waals surface area contributed by atoms with E-state index in [1.54, 1.807) is 0 Å². The van der Waals surface area contributed by atoms with E-state index < -0.39 is 6.10 Å². The molecule has 0 aliphatic carbocycles. The number of hydrogen-bond donors (Lipinski definition) is 2. The number of hydrazine groups is 1. The lowest BCUT2D eigenvalue weighted by atomic mass is 10.1. The van der Waals surface area contributed by atoms with Crippen molar-refractivity contribution in [2.24, 2.45) is 5.84 Å². The topological polar surface area (TPSA) is 64.3 Å². The highest BCUT2D eigenvalue weighted by Gasteiger charge is 2.17. The van der Waals surface area contributed by atoms with Crippen molar-refractivity contribution in [2.75, 3.05) is 7.11 Å². The Morgan fingerprint density at radius 2 is 2.00 bits per heavy atom. The van der Waals surface area contributed by atoms with Gasteiger partial charge in [0.2, 0.25) is 0 Å². The summed E-state index contributed by atoms with van der Waals surface area (Å²) in [5.41, 5.74) is 2.84. The standard InChI is InChI=1S/C9H12N2O2.ClH/c1-13-8(9(12)11-10)7-5-3-2-4-6-7;/h2-6,8H,10H2,1H3,(H,11,12);1H. The van der Waals surface area contributed by atoms with Gasteiger partial charge in [0.15, 0.2) is 6.10 Å². The van der Waals surface area contributed by atoms with Gasteiger partial charge in [-0.1, -0.05) is 30.3 Å². The van der Waals surface area contributed by atoms with E-state index in [4.69, 9.17) is 10.6 Å². The molecule has 0 radical (unpaired) electrons. The molecule has 14 heavy (non-hydrogen) atoms. The molecular weight excluding hydrogens is 204 g/mol. The van der Waals surface area contributed by atoms with Crippen molar-refractivity contribution in [1.82, 2.24) is 5.43 Å². The van der Waals surface area contributed by atoms with Crippen molar-refractivity contribution in [3.8, 4) is 0 Å². The molecule has 1 aromatic rings. The third-order valence-electron chi connectivity index (χ3n) is 1.72. The van der Waals surface area contributed by atoms with E-state index in [1.807, 2.05) is 30.3 Å². The van der Waals surface area contributed by atoms with Crippen LogP contribution in [0.4, 0.5) is 0 Å². The first-order valence-corrected chi connectivity index (χ1v) is 3.87. The Hall–Kier alpha value is -1.10. The normalized spacial score (nSPS) is 11.3. The van der Waals surface area contributed by atoms with Crippen molar-refractivity contribution >= 4 is 18.3 Å². The van der Waals surface area contributed by atoms with E-state index in [2.05, 4.69) is 5.43 Å². The molecular formula is C9H13ClN2O2. The maximum atomic E-state index is 11.2. The molecule has 0 saturated carbocycles. The largest absolute Gasteiger partial charge is 0.367 e. The molecule has 4 nitrogen and oxygen atoms in total. The van der Waals surface area contributed by atoms with E-state index in [0.29, 0.717) is 0 Å². The van der Waals surface area contributed by atoms with Gasteiger partial charge in [0.05, 0.1) is 0 Å². The lowest BCUT2D eigenvalue weighted by Gasteiger charge is -2.12. The van der Waals surface area contributed by atoms with Crippen LogP contribution >= 0.6 is 12.4 Å². The summed E-state index contributed by atoms with van der Waals surface area (Å²) in [6.07, 6.45) is -0.633. The molecule has 0 aliphatic rings. The van der Waals surface area contributed by atoms with Gasteiger partial charge in [0.1, 0.15) is 0 Å². The van der Waals surface area contributed by atoms with Gasteiger partial charge in [-0.25, -0.2) is 5.84 Å². The van der Waals surface area contributed by atoms with E-state index in [-0.39, 0.29) is 18.3 Å². The van der Waals surface area contributed by atoms with Gasteiger partial charge in [0.25, 0.3) is 5.91 Å². The Kier molecular flexibility index (Phi) is 5.87. The molecule has 3 N–H and O–H groups in total. The maximum absolute atomic E-state index is 11.2. The summed E-state index contributed by atoms with van der Waals surface area (Å²) in [6, 6.07) is 9.17. The molecule has 78 valence electrons. The summed E-state index contributed by atoms with van der Waals surface area (Å²) >= 11 is 0. The summed E-state index contributed by atoms with van der Waals surface area (Å²) < 4.78 is 5.00. The van der Waals surface area contributed by atoms with Gasteiger partial charge in [-0.3, -0.25) is 10.2 Å². The second-order valence-electron chi connectivity index (χ2n) is 2.54. The van der Waals surface area contributed by atoms with E-state index in [0.717, 1.165) is 5.56 Å². The average molecular weight is 217 g/mol. The number of nitrogens with one attached hydrogen (secondary N) is 1. The zero-order valence-corrected chi connectivity index (χ0v) is 8.58. The number of rotatable bonds is 3. The van der Waals surface area contributed by atoms with Crippen molar-refractivity contribution in [1.29, 1.82) is 0 Å². The number of benzene rings is 1. The van der Waals surface area contributed by atoms with Crippen molar-refractivity contribution in [2.45, 2.75) is 6.10 Å². The number of methoxy groups -OCH3 is 1. The number of ether oxygens (including phenoxy) is 1. The number of carbonyl (C=O) groups is 1. The lowest BCUT2D eigenvalue weighted by Crippen LogP contribution is -2.35.